The maximum atomic E-state index is 12.2. The van der Waals surface area contributed by atoms with Crippen LogP contribution < -0.4 is 11.1 Å². The van der Waals surface area contributed by atoms with Crippen molar-refractivity contribution in [2.75, 3.05) is 19.3 Å². The Kier molecular flexibility index (Phi) is 5.04. The van der Waals surface area contributed by atoms with E-state index < -0.39 is 10.0 Å². The molecule has 2 rings (SSSR count). The van der Waals surface area contributed by atoms with Gasteiger partial charge in [0.05, 0.1) is 6.26 Å². The Morgan fingerprint density at radius 1 is 1.10 bits per heavy atom. The molecule has 0 unspecified atom stereocenters. The lowest BCUT2D eigenvalue weighted by molar-refractivity contribution is -0.127. The fraction of sp³-hybridized carbons (Fsp3) is 0.923. The van der Waals surface area contributed by atoms with Crippen LogP contribution in [-0.4, -0.2) is 50.1 Å². The zero-order valence-electron chi connectivity index (χ0n) is 12.0. The van der Waals surface area contributed by atoms with Gasteiger partial charge in [-0.3, -0.25) is 4.79 Å². The predicted octanol–water partition coefficient (Wildman–Crippen LogP) is 0.0441. The molecule has 0 aromatic heterocycles. The van der Waals surface area contributed by atoms with E-state index in [-0.39, 0.29) is 23.9 Å². The molecule has 0 bridgehead atoms. The second-order valence-corrected chi connectivity index (χ2v) is 8.04. The van der Waals surface area contributed by atoms with E-state index in [1.165, 1.54) is 10.6 Å². The Morgan fingerprint density at radius 3 is 2.15 bits per heavy atom. The number of nitrogens with two attached hydrogens (primary N) is 1. The summed E-state index contributed by atoms with van der Waals surface area (Å²) in [4.78, 5) is 12.2. The topological polar surface area (TPSA) is 92.5 Å². The zero-order valence-corrected chi connectivity index (χ0v) is 12.9. The second-order valence-electron chi connectivity index (χ2n) is 6.06. The smallest absolute Gasteiger partial charge is 0.223 e. The molecule has 0 aromatic carbocycles. The maximum absolute atomic E-state index is 12.2. The number of sulfonamides is 1. The van der Waals surface area contributed by atoms with Gasteiger partial charge in [-0.25, -0.2) is 12.7 Å². The van der Waals surface area contributed by atoms with Crippen LogP contribution in [0.15, 0.2) is 0 Å². The van der Waals surface area contributed by atoms with Crippen molar-refractivity contribution in [3.63, 3.8) is 0 Å². The lowest BCUT2D eigenvalue weighted by Gasteiger charge is -2.32. The molecule has 7 heteroatoms. The second kappa shape index (κ2) is 6.41. The fourth-order valence-corrected chi connectivity index (χ4v) is 3.91. The van der Waals surface area contributed by atoms with Crippen molar-refractivity contribution >= 4 is 15.9 Å². The van der Waals surface area contributed by atoms with Gasteiger partial charge in [0.2, 0.25) is 15.9 Å². The SMILES string of the molecule is CS(=O)(=O)N1CCC(NC(=O)C2CCC(N)CC2)CC1. The van der Waals surface area contributed by atoms with Crippen molar-refractivity contribution in [2.24, 2.45) is 11.7 Å². The minimum absolute atomic E-state index is 0.0859. The normalized spacial score (nSPS) is 30.1. The number of nitrogens with zero attached hydrogens (tertiary/aromatic N) is 1. The highest BCUT2D eigenvalue weighted by atomic mass is 32.2. The average molecular weight is 303 g/mol. The summed E-state index contributed by atoms with van der Waals surface area (Å²) >= 11 is 0. The number of amides is 1. The highest BCUT2D eigenvalue weighted by Gasteiger charge is 2.29. The van der Waals surface area contributed by atoms with E-state index >= 15 is 0 Å². The highest BCUT2D eigenvalue weighted by Crippen LogP contribution is 2.24. The Bertz CT molecular complexity index is 436. The third kappa shape index (κ3) is 4.17. The van der Waals surface area contributed by atoms with Crippen molar-refractivity contribution in [1.82, 2.24) is 9.62 Å². The zero-order chi connectivity index (χ0) is 14.8. The van der Waals surface area contributed by atoms with E-state index in [1.54, 1.807) is 0 Å². The molecular weight excluding hydrogens is 278 g/mol. The molecule has 20 heavy (non-hydrogen) atoms. The van der Waals surface area contributed by atoms with Crippen LogP contribution in [0.25, 0.3) is 0 Å². The summed E-state index contributed by atoms with van der Waals surface area (Å²) < 4.78 is 24.3. The molecule has 116 valence electrons. The molecule has 2 aliphatic rings. The van der Waals surface area contributed by atoms with E-state index in [4.69, 9.17) is 5.73 Å². The first-order valence-corrected chi connectivity index (χ1v) is 9.22. The summed E-state index contributed by atoms with van der Waals surface area (Å²) in [5.41, 5.74) is 5.84. The van der Waals surface area contributed by atoms with E-state index in [1.807, 2.05) is 0 Å². The van der Waals surface area contributed by atoms with Crippen molar-refractivity contribution in [3.05, 3.63) is 0 Å². The lowest BCUT2D eigenvalue weighted by atomic mass is 9.85. The van der Waals surface area contributed by atoms with Gasteiger partial charge in [0.25, 0.3) is 0 Å². The molecule has 0 atom stereocenters. The molecule has 1 aliphatic carbocycles. The summed E-state index contributed by atoms with van der Waals surface area (Å²) in [6.45, 7) is 0.999. The largest absolute Gasteiger partial charge is 0.353 e. The predicted molar refractivity (Wildman–Crippen MR) is 77.5 cm³/mol. The van der Waals surface area contributed by atoms with Crippen LogP contribution in [0.5, 0.6) is 0 Å². The maximum Gasteiger partial charge on any atom is 0.223 e. The summed E-state index contributed by atoms with van der Waals surface area (Å²) in [6, 6.07) is 0.355. The Balaban J connectivity index is 1.76. The number of hydrogen-bond acceptors (Lipinski definition) is 4. The number of carbonyl (C=O) groups is 1. The van der Waals surface area contributed by atoms with Crippen molar-refractivity contribution in [2.45, 2.75) is 50.6 Å². The molecule has 6 nitrogen and oxygen atoms in total. The van der Waals surface area contributed by atoms with Gasteiger partial charge in [0.15, 0.2) is 0 Å². The van der Waals surface area contributed by atoms with E-state index in [9.17, 15) is 13.2 Å². The van der Waals surface area contributed by atoms with E-state index in [0.717, 1.165) is 25.7 Å². The van der Waals surface area contributed by atoms with Crippen molar-refractivity contribution in [1.29, 1.82) is 0 Å². The number of nitrogens with one attached hydrogen (secondary N) is 1. The molecule has 0 radical (unpaired) electrons. The fourth-order valence-electron chi connectivity index (χ4n) is 3.03. The summed E-state index contributed by atoms with van der Waals surface area (Å²) in [5, 5.41) is 3.07. The van der Waals surface area contributed by atoms with Crippen LogP contribution in [-0.2, 0) is 14.8 Å². The van der Waals surface area contributed by atoms with E-state index in [0.29, 0.717) is 25.9 Å². The Hall–Kier alpha value is -0.660. The molecule has 0 spiro atoms. The van der Waals surface area contributed by atoms with Crippen LogP contribution in [0.1, 0.15) is 38.5 Å². The molecule has 3 N–H and O–H groups in total. The monoisotopic (exact) mass is 303 g/mol. The van der Waals surface area contributed by atoms with E-state index in [2.05, 4.69) is 5.32 Å². The van der Waals surface area contributed by atoms with Gasteiger partial charge in [0.1, 0.15) is 0 Å². The first-order chi connectivity index (χ1) is 9.36. The van der Waals surface area contributed by atoms with Gasteiger partial charge >= 0.3 is 0 Å². The third-order valence-corrected chi connectivity index (χ3v) is 5.72. The van der Waals surface area contributed by atoms with Gasteiger partial charge in [-0.1, -0.05) is 0 Å². The molecule has 1 heterocycles. The lowest BCUT2D eigenvalue weighted by Crippen LogP contribution is -2.48. The quantitative estimate of drug-likeness (QED) is 0.770. The number of rotatable bonds is 3. The average Bonchev–Trinajstić information content (AvgIpc) is 2.39. The molecule has 0 aromatic rings. The Morgan fingerprint density at radius 2 is 1.65 bits per heavy atom. The first kappa shape index (κ1) is 15.7. The van der Waals surface area contributed by atoms with Crippen LogP contribution >= 0.6 is 0 Å². The molecule has 1 aliphatic heterocycles. The first-order valence-electron chi connectivity index (χ1n) is 7.37. The molecular formula is C13H25N3O3S. The molecule has 1 saturated carbocycles. The summed E-state index contributed by atoms with van der Waals surface area (Å²) in [6.07, 6.45) is 6.22. The standard InChI is InChI=1S/C13H25N3O3S/c1-20(18,19)16-8-6-12(7-9-16)15-13(17)10-2-4-11(14)5-3-10/h10-12H,2-9,14H2,1H3,(H,15,17). The Labute approximate surface area is 121 Å². The minimum Gasteiger partial charge on any atom is -0.353 e. The van der Waals surface area contributed by atoms with Crippen molar-refractivity contribution in [3.8, 4) is 0 Å². The van der Waals surface area contributed by atoms with Crippen LogP contribution in [0, 0.1) is 5.92 Å². The highest BCUT2D eigenvalue weighted by molar-refractivity contribution is 7.88. The number of piperidine rings is 1. The number of hydrogen-bond donors (Lipinski definition) is 2. The van der Waals surface area contributed by atoms with Gasteiger partial charge in [-0.15, -0.1) is 0 Å². The summed E-state index contributed by atoms with van der Waals surface area (Å²) in [7, 11) is -3.10. The van der Waals surface area contributed by atoms with Crippen LogP contribution in [0.3, 0.4) is 0 Å². The minimum atomic E-state index is -3.10. The van der Waals surface area contributed by atoms with Crippen molar-refractivity contribution < 1.29 is 13.2 Å². The molecule has 2 fully saturated rings. The van der Waals surface area contributed by atoms with Gasteiger partial charge in [-0.05, 0) is 38.5 Å². The third-order valence-electron chi connectivity index (χ3n) is 4.41. The van der Waals surface area contributed by atoms with Gasteiger partial charge in [0, 0.05) is 31.1 Å². The van der Waals surface area contributed by atoms with Crippen LogP contribution in [0.4, 0.5) is 0 Å². The van der Waals surface area contributed by atoms with Gasteiger partial charge in [-0.2, -0.15) is 0 Å². The molecule has 1 saturated heterocycles. The number of carbonyl (C=O) groups excluding carboxylic acids is 1. The summed E-state index contributed by atoms with van der Waals surface area (Å²) in [5.74, 6) is 0.206. The van der Waals surface area contributed by atoms with Crippen LogP contribution in [0.2, 0.25) is 0 Å². The molecule has 1 amide bonds. The van der Waals surface area contributed by atoms with Gasteiger partial charge < -0.3 is 11.1 Å².